The van der Waals surface area contributed by atoms with E-state index in [0.717, 1.165) is 0 Å². The third kappa shape index (κ3) is 6.47. The lowest BCUT2D eigenvalue weighted by Crippen LogP contribution is -2.57. The number of aliphatic hydroxyl groups is 1. The van der Waals surface area contributed by atoms with Crippen molar-refractivity contribution in [2.75, 3.05) is 19.7 Å². The van der Waals surface area contributed by atoms with Gasteiger partial charge in [0.2, 0.25) is 17.7 Å². The van der Waals surface area contributed by atoms with Crippen LogP contribution in [0.5, 0.6) is 5.75 Å². The summed E-state index contributed by atoms with van der Waals surface area (Å²) in [6, 6.07) is 4.21. The molecule has 4 N–H and O–H groups in total. The number of rotatable bonds is 3. The molecular weight excluding hydrogens is 440 g/mol. The molecule has 10 heteroatoms. The van der Waals surface area contributed by atoms with Crippen LogP contribution in [0.3, 0.4) is 0 Å². The van der Waals surface area contributed by atoms with Crippen LogP contribution in [-0.4, -0.2) is 77.6 Å². The zero-order valence-corrected chi connectivity index (χ0v) is 19.9. The Bertz CT molecular complexity index is 912. The van der Waals surface area contributed by atoms with Crippen molar-refractivity contribution in [3.63, 3.8) is 0 Å². The molecule has 2 heterocycles. The van der Waals surface area contributed by atoms with Crippen LogP contribution in [0, 0.1) is 5.92 Å². The Balaban J connectivity index is 1.88. The normalized spacial score (nSPS) is 25.0. The lowest BCUT2D eigenvalue weighted by atomic mass is 10.0. The van der Waals surface area contributed by atoms with Crippen molar-refractivity contribution in [3.05, 3.63) is 29.8 Å². The summed E-state index contributed by atoms with van der Waals surface area (Å²) >= 11 is 0. The molecule has 0 spiro atoms. The van der Waals surface area contributed by atoms with E-state index in [1.165, 1.54) is 0 Å². The van der Waals surface area contributed by atoms with Gasteiger partial charge in [0.15, 0.2) is 0 Å². The summed E-state index contributed by atoms with van der Waals surface area (Å²) in [5.41, 5.74) is 0.229. The molecule has 186 valence electrons. The Kier molecular flexibility index (Phi) is 8.49. The third-order valence-electron chi connectivity index (χ3n) is 6.07. The highest BCUT2D eigenvalue weighted by Gasteiger charge is 2.33. The topological polar surface area (TPSA) is 137 Å². The number of nitrogens with one attached hydrogen (secondary N) is 3. The van der Waals surface area contributed by atoms with E-state index in [1.807, 2.05) is 0 Å². The Morgan fingerprint density at radius 3 is 2.44 bits per heavy atom. The minimum absolute atomic E-state index is 0.136. The van der Waals surface area contributed by atoms with Crippen LogP contribution < -0.4 is 20.7 Å². The first-order valence-corrected chi connectivity index (χ1v) is 11.7. The number of amides is 4. The third-order valence-corrected chi connectivity index (χ3v) is 6.07. The standard InChI is InChI=1S/C24H34N4O6/c1-14(2)21-24(33)25-15(3)13-34-19-7-5-4-6-17(19)22(31)26-18(23(32)27-21)12-20(30)28-10-8-16(29)9-11-28/h4-7,14-16,18,21,29H,8-13H2,1-3H3,(H,25,33)(H,26,31)(H,27,32)/t15-,18+,21-/m1/s1. The fraction of sp³-hybridized carbons (Fsp3) is 0.583. The van der Waals surface area contributed by atoms with Gasteiger partial charge in [0, 0.05) is 13.1 Å². The molecule has 10 nitrogen and oxygen atoms in total. The van der Waals surface area contributed by atoms with Gasteiger partial charge in [0.25, 0.3) is 5.91 Å². The van der Waals surface area contributed by atoms with E-state index in [-0.39, 0.29) is 42.4 Å². The first-order valence-electron chi connectivity index (χ1n) is 11.7. The summed E-state index contributed by atoms with van der Waals surface area (Å²) in [7, 11) is 0. The number of aliphatic hydroxyl groups excluding tert-OH is 1. The van der Waals surface area contributed by atoms with Gasteiger partial charge in [0.1, 0.15) is 24.4 Å². The zero-order valence-electron chi connectivity index (χ0n) is 19.9. The van der Waals surface area contributed by atoms with Crippen molar-refractivity contribution in [1.29, 1.82) is 0 Å². The minimum atomic E-state index is -1.19. The SMILES string of the molecule is CC(C)[C@H]1NC(=O)[C@H](CC(=O)N2CCC(O)CC2)NC(=O)c2ccccc2OC[C@@H](C)NC1=O. The summed E-state index contributed by atoms with van der Waals surface area (Å²) in [5.74, 6) is -1.75. The first kappa shape index (κ1) is 25.5. The minimum Gasteiger partial charge on any atom is -0.491 e. The number of hydrogen-bond acceptors (Lipinski definition) is 6. The number of ether oxygens (including phenoxy) is 1. The summed E-state index contributed by atoms with van der Waals surface area (Å²) in [6.45, 7) is 6.28. The maximum Gasteiger partial charge on any atom is 0.255 e. The van der Waals surface area contributed by atoms with Crippen molar-refractivity contribution in [1.82, 2.24) is 20.9 Å². The molecule has 0 saturated carbocycles. The second kappa shape index (κ2) is 11.3. The van der Waals surface area contributed by atoms with Crippen LogP contribution in [0.1, 0.15) is 50.4 Å². The van der Waals surface area contributed by atoms with Crippen molar-refractivity contribution in [2.45, 2.75) is 64.3 Å². The molecule has 1 saturated heterocycles. The first-order chi connectivity index (χ1) is 16.2. The van der Waals surface area contributed by atoms with Gasteiger partial charge in [-0.25, -0.2) is 0 Å². The molecule has 2 aliphatic heterocycles. The van der Waals surface area contributed by atoms with Gasteiger partial charge in [-0.15, -0.1) is 0 Å². The highest BCUT2D eigenvalue weighted by atomic mass is 16.5. The summed E-state index contributed by atoms with van der Waals surface area (Å²) in [4.78, 5) is 53.7. The highest BCUT2D eigenvalue weighted by Crippen LogP contribution is 2.19. The second-order valence-electron chi connectivity index (χ2n) is 9.29. The molecule has 0 aromatic heterocycles. The van der Waals surface area contributed by atoms with Gasteiger partial charge < -0.3 is 30.7 Å². The number of likely N-dealkylation sites (tertiary alicyclic amines) is 1. The summed E-state index contributed by atoms with van der Waals surface area (Å²) in [5, 5.41) is 17.9. The highest BCUT2D eigenvalue weighted by molar-refractivity contribution is 6.01. The molecule has 1 fully saturated rings. The number of benzene rings is 1. The predicted molar refractivity (Wildman–Crippen MR) is 124 cm³/mol. The molecule has 1 aromatic carbocycles. The summed E-state index contributed by atoms with van der Waals surface area (Å²) in [6.07, 6.45) is 0.224. The van der Waals surface area contributed by atoms with E-state index < -0.39 is 30.0 Å². The van der Waals surface area contributed by atoms with Crippen molar-refractivity contribution >= 4 is 23.6 Å². The molecule has 34 heavy (non-hydrogen) atoms. The van der Waals surface area contributed by atoms with E-state index in [0.29, 0.717) is 31.7 Å². The van der Waals surface area contributed by atoms with Gasteiger partial charge in [-0.2, -0.15) is 0 Å². The molecule has 4 amide bonds. The van der Waals surface area contributed by atoms with Gasteiger partial charge in [0.05, 0.1) is 24.1 Å². The van der Waals surface area contributed by atoms with Crippen LogP contribution in [0.4, 0.5) is 0 Å². The van der Waals surface area contributed by atoms with Gasteiger partial charge in [-0.1, -0.05) is 26.0 Å². The van der Waals surface area contributed by atoms with Crippen LogP contribution in [0.2, 0.25) is 0 Å². The number of fused-ring (bicyclic) bond motifs is 1. The molecule has 0 bridgehead atoms. The van der Waals surface area contributed by atoms with Crippen LogP contribution in [-0.2, 0) is 14.4 Å². The quantitative estimate of drug-likeness (QED) is 0.494. The van der Waals surface area contributed by atoms with E-state index in [1.54, 1.807) is 49.9 Å². The fourth-order valence-corrected chi connectivity index (χ4v) is 4.02. The number of carbonyl (C=O) groups is 4. The van der Waals surface area contributed by atoms with Crippen molar-refractivity contribution < 1.29 is 29.0 Å². The second-order valence-corrected chi connectivity index (χ2v) is 9.29. The van der Waals surface area contributed by atoms with Crippen LogP contribution in [0.15, 0.2) is 24.3 Å². The lowest BCUT2D eigenvalue weighted by Gasteiger charge is -2.31. The van der Waals surface area contributed by atoms with Gasteiger partial charge in [-0.05, 0) is 37.8 Å². The summed E-state index contributed by atoms with van der Waals surface area (Å²) < 4.78 is 5.80. The van der Waals surface area contributed by atoms with E-state index >= 15 is 0 Å². The van der Waals surface area contributed by atoms with Gasteiger partial charge >= 0.3 is 0 Å². The zero-order chi connectivity index (χ0) is 24.8. The predicted octanol–water partition coefficient (Wildman–Crippen LogP) is 0.196. The molecule has 0 unspecified atom stereocenters. The molecule has 3 rings (SSSR count). The van der Waals surface area contributed by atoms with Crippen molar-refractivity contribution in [3.8, 4) is 5.75 Å². The maximum atomic E-state index is 13.2. The number of carbonyl (C=O) groups excluding carboxylic acids is 4. The molecule has 0 aliphatic carbocycles. The molecule has 2 aliphatic rings. The average Bonchev–Trinajstić information content (AvgIpc) is 2.80. The van der Waals surface area contributed by atoms with E-state index in [2.05, 4.69) is 16.0 Å². The fourth-order valence-electron chi connectivity index (χ4n) is 4.02. The maximum absolute atomic E-state index is 13.2. The monoisotopic (exact) mass is 474 g/mol. The Morgan fingerprint density at radius 2 is 1.76 bits per heavy atom. The Morgan fingerprint density at radius 1 is 1.09 bits per heavy atom. The van der Waals surface area contributed by atoms with Crippen LogP contribution >= 0.6 is 0 Å². The Hall–Kier alpha value is -3.14. The molecular formula is C24H34N4O6. The smallest absolute Gasteiger partial charge is 0.255 e. The van der Waals surface area contributed by atoms with Gasteiger partial charge in [-0.3, -0.25) is 19.2 Å². The number of hydrogen-bond donors (Lipinski definition) is 4. The van der Waals surface area contributed by atoms with E-state index in [9.17, 15) is 24.3 Å². The molecule has 1 aromatic rings. The average molecular weight is 475 g/mol. The van der Waals surface area contributed by atoms with Crippen molar-refractivity contribution in [2.24, 2.45) is 5.92 Å². The molecule has 3 atom stereocenters. The van der Waals surface area contributed by atoms with Crippen LogP contribution in [0.25, 0.3) is 0 Å². The number of nitrogens with zero attached hydrogens (tertiary/aromatic N) is 1. The van der Waals surface area contributed by atoms with E-state index in [4.69, 9.17) is 4.74 Å². The molecule has 0 radical (unpaired) electrons. The number of para-hydroxylation sites is 1. The largest absolute Gasteiger partial charge is 0.491 e. The Labute approximate surface area is 199 Å². The lowest BCUT2D eigenvalue weighted by molar-refractivity contribution is -0.137. The number of piperidine rings is 1.